The van der Waals surface area contributed by atoms with Crippen molar-refractivity contribution >= 4 is 23.5 Å². The van der Waals surface area contributed by atoms with Crippen LogP contribution in [0.3, 0.4) is 0 Å². The van der Waals surface area contributed by atoms with Crippen molar-refractivity contribution in [3.8, 4) is 0 Å². The second-order valence-electron chi connectivity index (χ2n) is 7.75. The summed E-state index contributed by atoms with van der Waals surface area (Å²) in [6.07, 6.45) is -2.20. The molecule has 0 aliphatic carbocycles. The van der Waals surface area contributed by atoms with Crippen molar-refractivity contribution in [3.05, 3.63) is 36.5 Å². The molecule has 0 bridgehead atoms. The number of aliphatic carboxylic acids is 2. The number of carbonyl (C=O) groups is 3. The number of hydrogen-bond donors (Lipinski definition) is 2. The first-order valence-electron chi connectivity index (χ1n) is 10.3. The Morgan fingerprint density at radius 3 is 2.11 bits per heavy atom. The normalized spacial score (nSPS) is 20.1. The number of furan rings is 1. The molecule has 2 aromatic rings. The van der Waals surface area contributed by atoms with Gasteiger partial charge in [0.25, 0.3) is 0 Å². The number of piperidine rings is 1. The number of rotatable bonds is 3. The van der Waals surface area contributed by atoms with Crippen LogP contribution in [0.4, 0.5) is 32.0 Å². The maximum atomic E-state index is 12.4. The van der Waals surface area contributed by atoms with Crippen molar-refractivity contribution in [1.82, 2.24) is 14.7 Å². The first-order chi connectivity index (χ1) is 16.6. The molecule has 2 aliphatic heterocycles. The van der Waals surface area contributed by atoms with E-state index in [1.807, 2.05) is 30.3 Å². The Morgan fingerprint density at radius 1 is 1.08 bits per heavy atom. The average molecular weight is 528 g/mol. The van der Waals surface area contributed by atoms with E-state index in [9.17, 15) is 31.1 Å². The fourth-order valence-corrected chi connectivity index (χ4v) is 3.82. The fourth-order valence-electron chi connectivity index (χ4n) is 3.82. The summed E-state index contributed by atoms with van der Waals surface area (Å²) in [5, 5.41) is 18.5. The van der Waals surface area contributed by atoms with Gasteiger partial charge >= 0.3 is 24.3 Å². The number of carboxylic acid groups (broad SMARTS) is 2. The minimum atomic E-state index is -5.08. The van der Waals surface area contributed by atoms with Gasteiger partial charge in [0.05, 0.1) is 30.7 Å². The zero-order valence-electron chi connectivity index (χ0n) is 18.7. The van der Waals surface area contributed by atoms with E-state index in [0.717, 1.165) is 37.4 Å². The molecule has 2 aliphatic rings. The van der Waals surface area contributed by atoms with Crippen LogP contribution in [0.5, 0.6) is 0 Å². The number of nitrogens with zero attached hydrogens (tertiary/aromatic N) is 4. The Bertz CT molecular complexity index is 1010. The van der Waals surface area contributed by atoms with Crippen LogP contribution in [0, 0.1) is 0 Å². The minimum Gasteiger partial charge on any atom is -0.475 e. The number of aryl methyl sites for hydroxylation is 1. The number of anilines is 1. The molecule has 4 rings (SSSR count). The molecule has 2 saturated heterocycles. The lowest BCUT2D eigenvalue weighted by Gasteiger charge is -2.39. The predicted octanol–water partition coefficient (Wildman–Crippen LogP) is 3.05. The Labute approximate surface area is 199 Å². The molecule has 0 unspecified atom stereocenters. The van der Waals surface area contributed by atoms with E-state index in [0.29, 0.717) is 12.5 Å². The van der Waals surface area contributed by atoms with Gasteiger partial charge in [0, 0.05) is 32.3 Å². The number of fused-ring (bicyclic) bond motifs is 1. The van der Waals surface area contributed by atoms with E-state index in [-0.39, 0.29) is 11.9 Å². The lowest BCUT2D eigenvalue weighted by atomic mass is 9.96. The predicted molar refractivity (Wildman–Crippen MR) is 109 cm³/mol. The van der Waals surface area contributed by atoms with Gasteiger partial charge in [0.15, 0.2) is 0 Å². The molecule has 1 amide bonds. The van der Waals surface area contributed by atoms with Crippen LogP contribution < -0.4 is 4.90 Å². The third-order valence-electron chi connectivity index (χ3n) is 5.27. The van der Waals surface area contributed by atoms with Crippen LogP contribution >= 0.6 is 0 Å². The minimum absolute atomic E-state index is 0.217. The molecule has 16 heteroatoms. The second-order valence-corrected chi connectivity index (χ2v) is 7.75. The smallest absolute Gasteiger partial charge is 0.475 e. The lowest BCUT2D eigenvalue weighted by Crippen LogP contribution is -2.52. The molecule has 0 aromatic carbocycles. The highest BCUT2D eigenvalue weighted by Crippen LogP contribution is 2.35. The number of halogens is 6. The van der Waals surface area contributed by atoms with E-state index < -0.39 is 24.3 Å². The van der Waals surface area contributed by atoms with Crippen LogP contribution in [-0.2, 0) is 28.0 Å². The van der Waals surface area contributed by atoms with Crippen molar-refractivity contribution < 1.29 is 55.4 Å². The maximum absolute atomic E-state index is 12.4. The number of carboxylic acids is 2. The Morgan fingerprint density at radius 2 is 1.67 bits per heavy atom. The summed E-state index contributed by atoms with van der Waals surface area (Å²) in [5.74, 6) is -4.31. The number of alkyl halides is 6. The van der Waals surface area contributed by atoms with E-state index in [1.165, 1.54) is 0 Å². The standard InChI is InChI=1S/C16H20N4O2.2C2HF3O2/c1-18-10-12(9-17-18)20-15-6-7-19(11-13-3-2-8-22-13)14(15)4-5-16(20)21;2*3-2(4,5)1(6)7/h2-3,8-10,14-15H,4-7,11H2,1H3;2*(H,6,7)/t14-,15-;;/m1../s1. The van der Waals surface area contributed by atoms with Gasteiger partial charge in [-0.25, -0.2) is 9.59 Å². The van der Waals surface area contributed by atoms with Gasteiger partial charge in [-0.1, -0.05) is 0 Å². The van der Waals surface area contributed by atoms with Gasteiger partial charge in [-0.05, 0) is 25.0 Å². The topological polar surface area (TPSA) is 129 Å². The molecule has 2 atom stereocenters. The first-order valence-corrected chi connectivity index (χ1v) is 10.3. The van der Waals surface area contributed by atoms with E-state index in [1.54, 1.807) is 17.1 Å². The van der Waals surface area contributed by atoms with Crippen molar-refractivity contribution in [2.75, 3.05) is 11.4 Å². The molecule has 4 heterocycles. The van der Waals surface area contributed by atoms with Crippen LogP contribution in [0.25, 0.3) is 0 Å². The Hall–Kier alpha value is -3.56. The van der Waals surface area contributed by atoms with Crippen molar-refractivity contribution in [2.45, 2.75) is 50.2 Å². The SMILES string of the molecule is Cn1cc(N2C(=O)CC[C@@H]3[C@H]2CCN3Cc2ccco2)cn1.O=C(O)C(F)(F)F.O=C(O)C(F)(F)F. The van der Waals surface area contributed by atoms with Gasteiger partial charge in [0.1, 0.15) is 5.76 Å². The lowest BCUT2D eigenvalue weighted by molar-refractivity contribution is -0.193. The Kier molecular flexibility index (Phi) is 9.12. The second kappa shape index (κ2) is 11.5. The molecule has 10 nitrogen and oxygen atoms in total. The highest BCUT2D eigenvalue weighted by Gasteiger charge is 2.44. The number of aromatic nitrogens is 2. The van der Waals surface area contributed by atoms with Gasteiger partial charge in [-0.15, -0.1) is 0 Å². The van der Waals surface area contributed by atoms with E-state index >= 15 is 0 Å². The van der Waals surface area contributed by atoms with Crippen LogP contribution in [0.2, 0.25) is 0 Å². The van der Waals surface area contributed by atoms with E-state index in [2.05, 4.69) is 10.00 Å². The monoisotopic (exact) mass is 528 g/mol. The van der Waals surface area contributed by atoms with Crippen LogP contribution in [0.1, 0.15) is 25.0 Å². The van der Waals surface area contributed by atoms with Gasteiger partial charge < -0.3 is 19.5 Å². The van der Waals surface area contributed by atoms with Gasteiger partial charge in [-0.2, -0.15) is 31.4 Å². The van der Waals surface area contributed by atoms with Crippen LogP contribution in [0.15, 0.2) is 35.2 Å². The zero-order valence-corrected chi connectivity index (χ0v) is 18.7. The quantitative estimate of drug-likeness (QED) is 0.582. The van der Waals surface area contributed by atoms with E-state index in [4.69, 9.17) is 24.2 Å². The summed E-state index contributed by atoms with van der Waals surface area (Å²) in [7, 11) is 1.88. The molecule has 2 N–H and O–H groups in total. The number of likely N-dealkylation sites (tertiary alicyclic amines) is 1. The maximum Gasteiger partial charge on any atom is 0.490 e. The molecule has 2 fully saturated rings. The summed E-state index contributed by atoms with van der Waals surface area (Å²) in [6, 6.07) is 4.60. The number of hydrogen-bond acceptors (Lipinski definition) is 6. The molecular formula is C20H22F6N4O6. The summed E-state index contributed by atoms with van der Waals surface area (Å²) in [6.45, 7) is 1.82. The summed E-state index contributed by atoms with van der Waals surface area (Å²) < 4.78 is 70.7. The van der Waals surface area contributed by atoms with Crippen LogP contribution in [-0.4, -0.2) is 73.7 Å². The first kappa shape index (κ1) is 28.7. The Balaban J connectivity index is 0.000000271. The molecule has 0 radical (unpaired) electrons. The summed E-state index contributed by atoms with van der Waals surface area (Å²) >= 11 is 0. The fraction of sp³-hybridized carbons (Fsp3) is 0.500. The number of amides is 1. The van der Waals surface area contributed by atoms with Crippen molar-refractivity contribution in [1.29, 1.82) is 0 Å². The highest BCUT2D eigenvalue weighted by molar-refractivity contribution is 5.94. The summed E-state index contributed by atoms with van der Waals surface area (Å²) in [4.78, 5) is 34.6. The molecule has 0 saturated carbocycles. The third kappa shape index (κ3) is 7.73. The zero-order chi connectivity index (χ0) is 27.3. The average Bonchev–Trinajstić information content (AvgIpc) is 3.50. The van der Waals surface area contributed by atoms with Crippen molar-refractivity contribution in [2.24, 2.45) is 7.05 Å². The molecule has 0 spiro atoms. The highest BCUT2D eigenvalue weighted by atomic mass is 19.4. The summed E-state index contributed by atoms with van der Waals surface area (Å²) in [5.41, 5.74) is 0.919. The van der Waals surface area contributed by atoms with Crippen molar-refractivity contribution in [3.63, 3.8) is 0 Å². The molecular weight excluding hydrogens is 506 g/mol. The van der Waals surface area contributed by atoms with Gasteiger partial charge in [-0.3, -0.25) is 14.4 Å². The third-order valence-corrected chi connectivity index (χ3v) is 5.27. The molecule has 2 aromatic heterocycles. The molecule has 200 valence electrons. The molecule has 36 heavy (non-hydrogen) atoms. The largest absolute Gasteiger partial charge is 0.490 e. The van der Waals surface area contributed by atoms with Gasteiger partial charge in [0.2, 0.25) is 5.91 Å². The number of carbonyl (C=O) groups excluding carboxylic acids is 1.